The second-order valence-corrected chi connectivity index (χ2v) is 3.98. The van der Waals surface area contributed by atoms with E-state index in [2.05, 4.69) is 15.0 Å². The molecule has 18 heavy (non-hydrogen) atoms. The van der Waals surface area contributed by atoms with Crippen LogP contribution in [0.25, 0.3) is 11.5 Å². The van der Waals surface area contributed by atoms with Crippen molar-refractivity contribution in [3.8, 4) is 11.5 Å². The van der Waals surface area contributed by atoms with Crippen molar-refractivity contribution >= 4 is 0 Å². The third-order valence-corrected chi connectivity index (χ3v) is 2.84. The van der Waals surface area contributed by atoms with Crippen LogP contribution in [0.2, 0.25) is 0 Å². The fourth-order valence-corrected chi connectivity index (χ4v) is 1.94. The minimum absolute atomic E-state index is 0.493. The van der Waals surface area contributed by atoms with Gasteiger partial charge in [0.25, 0.3) is 0 Å². The summed E-state index contributed by atoms with van der Waals surface area (Å²) in [4.78, 5) is 12.2. The van der Waals surface area contributed by atoms with E-state index in [9.17, 15) is 4.39 Å². The highest BCUT2D eigenvalue weighted by atomic mass is 19.1. The molecule has 0 fully saturated rings. The summed E-state index contributed by atoms with van der Waals surface area (Å²) in [6, 6.07) is 9.86. The van der Waals surface area contributed by atoms with Crippen molar-refractivity contribution in [1.29, 1.82) is 0 Å². The fraction of sp³-hybridized carbons (Fsp3) is 0.154. The van der Waals surface area contributed by atoms with E-state index in [0.29, 0.717) is 23.8 Å². The first-order chi connectivity index (χ1) is 8.88. The van der Waals surface area contributed by atoms with E-state index in [-0.39, 0.29) is 0 Å². The molecule has 2 aliphatic heterocycles. The van der Waals surface area contributed by atoms with Gasteiger partial charge in [0.15, 0.2) is 5.82 Å². The molecule has 0 saturated heterocycles. The Balaban J connectivity index is 2.04. The number of hydrogen-bond donors (Lipinski definition) is 0. The molecule has 5 heteroatoms. The number of alkyl halides is 1. The van der Waals surface area contributed by atoms with Gasteiger partial charge in [-0.15, -0.1) is 0 Å². The zero-order valence-electron chi connectivity index (χ0n) is 9.62. The number of aromatic nitrogens is 4. The molecule has 2 aliphatic rings. The smallest absolute Gasteiger partial charge is 0.183 e. The number of nitrogens with zero attached hydrogens (tertiary/aromatic N) is 4. The molecule has 0 bridgehead atoms. The van der Waals surface area contributed by atoms with Crippen molar-refractivity contribution in [2.24, 2.45) is 0 Å². The predicted molar refractivity (Wildman–Crippen MR) is 64.8 cm³/mol. The molecule has 0 N–H and O–H groups in total. The Labute approximate surface area is 103 Å². The van der Waals surface area contributed by atoms with Crippen molar-refractivity contribution in [1.82, 2.24) is 19.5 Å². The predicted octanol–water partition coefficient (Wildman–Crippen LogP) is 2.30. The first-order valence-electron chi connectivity index (χ1n) is 5.63. The lowest BCUT2D eigenvalue weighted by Crippen LogP contribution is -2.10. The van der Waals surface area contributed by atoms with Crippen LogP contribution in [0, 0.1) is 0 Å². The zero-order chi connectivity index (χ0) is 12.4. The van der Waals surface area contributed by atoms with Gasteiger partial charge in [0.1, 0.15) is 18.7 Å². The van der Waals surface area contributed by atoms with E-state index in [1.807, 2.05) is 30.3 Å². The molecule has 0 unspecified atom stereocenters. The van der Waals surface area contributed by atoms with Crippen molar-refractivity contribution in [2.45, 2.75) is 13.2 Å². The minimum Gasteiger partial charge on any atom is -0.327 e. The summed E-state index contributed by atoms with van der Waals surface area (Å²) < 4.78 is 14.9. The molecule has 90 valence electrons. The zero-order valence-corrected chi connectivity index (χ0v) is 9.62. The lowest BCUT2D eigenvalue weighted by atomic mass is 10.2. The van der Waals surface area contributed by atoms with Crippen molar-refractivity contribution in [3.05, 3.63) is 54.2 Å². The van der Waals surface area contributed by atoms with Crippen molar-refractivity contribution in [3.63, 3.8) is 0 Å². The highest BCUT2D eigenvalue weighted by molar-refractivity contribution is 5.53. The molecule has 4 nitrogen and oxygen atoms in total. The Morgan fingerprint density at radius 1 is 1.06 bits per heavy atom. The lowest BCUT2D eigenvalue weighted by Gasteiger charge is -2.13. The number of halogens is 1. The average molecular weight is 242 g/mol. The van der Waals surface area contributed by atoms with Crippen LogP contribution in [0.4, 0.5) is 4.39 Å². The van der Waals surface area contributed by atoms with Crippen LogP contribution in [-0.2, 0) is 13.2 Å². The summed E-state index contributed by atoms with van der Waals surface area (Å²) in [7, 11) is 0. The van der Waals surface area contributed by atoms with Crippen molar-refractivity contribution in [2.75, 3.05) is 0 Å². The molecule has 1 aromatic rings. The van der Waals surface area contributed by atoms with Crippen LogP contribution in [-0.4, -0.2) is 19.5 Å². The Morgan fingerprint density at radius 3 is 2.67 bits per heavy atom. The molecular formula is C13H11FN4. The maximum absolute atomic E-state index is 13.2. The van der Waals surface area contributed by atoms with Gasteiger partial charge in [-0.3, -0.25) is 0 Å². The summed E-state index contributed by atoms with van der Waals surface area (Å²) in [5.41, 5.74) is 2.15. The Morgan fingerprint density at radius 2 is 1.89 bits per heavy atom. The minimum atomic E-state index is -0.579. The number of imidazole rings is 1. The van der Waals surface area contributed by atoms with Crippen LogP contribution in [0.5, 0.6) is 0 Å². The average Bonchev–Trinajstić information content (AvgIpc) is 2.88. The van der Waals surface area contributed by atoms with Crippen LogP contribution in [0.1, 0.15) is 11.3 Å². The molecule has 0 aliphatic carbocycles. The van der Waals surface area contributed by atoms with Gasteiger partial charge in [0.2, 0.25) is 0 Å². The molecule has 0 saturated carbocycles. The van der Waals surface area contributed by atoms with E-state index in [1.165, 1.54) is 6.33 Å². The number of benzene rings is 1. The summed E-state index contributed by atoms with van der Waals surface area (Å²) in [5, 5.41) is 0. The molecule has 2 heterocycles. The van der Waals surface area contributed by atoms with Crippen LogP contribution in [0.15, 0.2) is 43.0 Å². The molecule has 3 rings (SSSR count). The molecule has 0 amide bonds. The Hall–Kier alpha value is -2.30. The Kier molecular flexibility index (Phi) is 2.72. The molecule has 0 spiro atoms. The Bertz CT molecular complexity index is 620. The first-order valence-corrected chi connectivity index (χ1v) is 5.63. The molecule has 1 aromatic carbocycles. The first kappa shape index (κ1) is 10.8. The van der Waals surface area contributed by atoms with E-state index < -0.39 is 6.67 Å². The highest BCUT2D eigenvalue weighted by Crippen LogP contribution is 2.20. The van der Waals surface area contributed by atoms with E-state index in [4.69, 9.17) is 0 Å². The number of rotatable bonds is 3. The van der Waals surface area contributed by atoms with Crippen LogP contribution < -0.4 is 0 Å². The number of fused-ring (bicyclic) bond motifs is 1. The lowest BCUT2D eigenvalue weighted by molar-refractivity contribution is 0.456. The quantitative estimate of drug-likeness (QED) is 0.707. The van der Waals surface area contributed by atoms with Gasteiger partial charge in [-0.2, -0.15) is 0 Å². The van der Waals surface area contributed by atoms with Gasteiger partial charge in [-0.25, -0.2) is 19.3 Å². The van der Waals surface area contributed by atoms with E-state index in [1.54, 1.807) is 10.9 Å². The monoisotopic (exact) mass is 242 g/mol. The van der Waals surface area contributed by atoms with Gasteiger partial charge >= 0.3 is 0 Å². The van der Waals surface area contributed by atoms with Crippen LogP contribution in [0.3, 0.4) is 0 Å². The van der Waals surface area contributed by atoms with E-state index >= 15 is 0 Å². The standard InChI is InChI=1S/C13H11FN4/c14-6-11-12-13(16-8-15-12)17-9-18(11)7-10-4-2-1-3-5-10/h1-5,8-9H,6-7H2. The molecule has 0 atom stereocenters. The van der Waals surface area contributed by atoms with Gasteiger partial charge in [0.05, 0.1) is 12.0 Å². The summed E-state index contributed by atoms with van der Waals surface area (Å²) in [6.07, 6.45) is 3.02. The van der Waals surface area contributed by atoms with E-state index in [0.717, 1.165) is 5.56 Å². The molecule has 0 aromatic heterocycles. The third-order valence-electron chi connectivity index (χ3n) is 2.84. The van der Waals surface area contributed by atoms with Crippen LogP contribution >= 0.6 is 0 Å². The normalized spacial score (nSPS) is 10.9. The SMILES string of the molecule is FCc1c2ncnc-2ncn1Cc1ccccc1. The van der Waals surface area contributed by atoms with Gasteiger partial charge in [-0.05, 0) is 5.56 Å². The summed E-state index contributed by atoms with van der Waals surface area (Å²) >= 11 is 0. The highest BCUT2D eigenvalue weighted by Gasteiger charge is 2.15. The second kappa shape index (κ2) is 4.52. The fourth-order valence-electron chi connectivity index (χ4n) is 1.94. The largest absolute Gasteiger partial charge is 0.327 e. The third kappa shape index (κ3) is 1.84. The van der Waals surface area contributed by atoms with Gasteiger partial charge < -0.3 is 4.57 Å². The van der Waals surface area contributed by atoms with Gasteiger partial charge in [-0.1, -0.05) is 30.3 Å². The van der Waals surface area contributed by atoms with Crippen molar-refractivity contribution < 1.29 is 4.39 Å². The maximum Gasteiger partial charge on any atom is 0.183 e. The maximum atomic E-state index is 13.2. The summed E-state index contributed by atoms with van der Waals surface area (Å²) in [6.45, 7) is 0.000437. The topological polar surface area (TPSA) is 43.6 Å². The summed E-state index contributed by atoms with van der Waals surface area (Å²) in [5.74, 6) is 0.493. The molecular weight excluding hydrogens is 231 g/mol. The van der Waals surface area contributed by atoms with Gasteiger partial charge in [0, 0.05) is 6.54 Å². The second-order valence-electron chi connectivity index (χ2n) is 3.98. The molecule has 0 radical (unpaired) electrons. The number of hydrogen-bond acceptors (Lipinski definition) is 3.